The summed E-state index contributed by atoms with van der Waals surface area (Å²) >= 11 is 0. The highest BCUT2D eigenvalue weighted by molar-refractivity contribution is 7.92. The summed E-state index contributed by atoms with van der Waals surface area (Å²) < 4.78 is 33.0. The normalized spacial score (nSPS) is 16.7. The third-order valence-corrected chi connectivity index (χ3v) is 6.13. The van der Waals surface area contributed by atoms with Crippen LogP contribution in [0.5, 0.6) is 0 Å². The number of sulfonamides is 1. The average Bonchev–Trinajstić information content (AvgIpc) is 3.20. The van der Waals surface area contributed by atoms with Crippen LogP contribution < -0.4 is 10.0 Å². The van der Waals surface area contributed by atoms with Gasteiger partial charge in [-0.1, -0.05) is 29.8 Å². The molecule has 150 valence electrons. The molecule has 0 aliphatic carbocycles. The van der Waals surface area contributed by atoms with E-state index in [0.29, 0.717) is 25.1 Å². The summed E-state index contributed by atoms with van der Waals surface area (Å²) in [6.45, 7) is 3.27. The van der Waals surface area contributed by atoms with E-state index >= 15 is 0 Å². The maximum atomic E-state index is 12.5. The minimum absolute atomic E-state index is 0.0202. The van der Waals surface area contributed by atoms with Gasteiger partial charge in [-0.2, -0.15) is 0 Å². The molecule has 0 radical (unpaired) electrons. The van der Waals surface area contributed by atoms with E-state index in [1.165, 1.54) is 0 Å². The lowest BCUT2D eigenvalue weighted by Gasteiger charge is -2.11. The van der Waals surface area contributed by atoms with Gasteiger partial charge >= 0.3 is 0 Å². The Bertz CT molecular complexity index is 887. The van der Waals surface area contributed by atoms with Crippen molar-refractivity contribution >= 4 is 21.6 Å². The molecule has 1 fully saturated rings. The third kappa shape index (κ3) is 5.81. The molecule has 0 saturated carbocycles. The van der Waals surface area contributed by atoms with Gasteiger partial charge in [-0.15, -0.1) is 0 Å². The molecule has 2 aromatic rings. The molecule has 1 heterocycles. The second-order valence-corrected chi connectivity index (χ2v) is 8.74. The van der Waals surface area contributed by atoms with Crippen LogP contribution in [0.2, 0.25) is 0 Å². The zero-order valence-corrected chi connectivity index (χ0v) is 16.8. The van der Waals surface area contributed by atoms with Crippen molar-refractivity contribution in [2.24, 2.45) is 0 Å². The predicted molar refractivity (Wildman–Crippen MR) is 109 cm³/mol. The Hall–Kier alpha value is -2.38. The summed E-state index contributed by atoms with van der Waals surface area (Å²) in [4.78, 5) is 12.1. The number of carbonyl (C=O) groups excluding carboxylic acids is 1. The highest BCUT2D eigenvalue weighted by Crippen LogP contribution is 2.18. The van der Waals surface area contributed by atoms with Gasteiger partial charge in [0, 0.05) is 25.3 Å². The second kappa shape index (κ2) is 9.21. The highest BCUT2D eigenvalue weighted by Gasteiger charge is 2.16. The lowest BCUT2D eigenvalue weighted by atomic mass is 10.1. The van der Waals surface area contributed by atoms with Crippen LogP contribution in [0.1, 0.15) is 30.4 Å². The van der Waals surface area contributed by atoms with Crippen molar-refractivity contribution in [1.82, 2.24) is 5.32 Å². The van der Waals surface area contributed by atoms with Gasteiger partial charge in [0.25, 0.3) is 10.0 Å². The molecule has 2 N–H and O–H groups in total. The number of nitrogens with one attached hydrogen (secondary N) is 2. The number of benzene rings is 2. The SMILES string of the molecule is Cc1ccc(NS(=O)(=O)c2ccc(CCC(=O)NCC3CCCO3)cc2)cc1. The van der Waals surface area contributed by atoms with Gasteiger partial charge in [0.2, 0.25) is 5.91 Å². The Morgan fingerprint density at radius 1 is 1.11 bits per heavy atom. The minimum atomic E-state index is -3.64. The predicted octanol–water partition coefficient (Wildman–Crippen LogP) is 3.02. The van der Waals surface area contributed by atoms with Crippen LogP contribution >= 0.6 is 0 Å². The fourth-order valence-electron chi connectivity index (χ4n) is 3.05. The minimum Gasteiger partial charge on any atom is -0.376 e. The largest absolute Gasteiger partial charge is 0.376 e. The van der Waals surface area contributed by atoms with Gasteiger partial charge in [-0.3, -0.25) is 9.52 Å². The number of carbonyl (C=O) groups is 1. The van der Waals surface area contributed by atoms with Gasteiger partial charge in [-0.05, 0) is 56.0 Å². The first-order chi connectivity index (χ1) is 13.4. The van der Waals surface area contributed by atoms with Crippen molar-refractivity contribution in [3.63, 3.8) is 0 Å². The first-order valence-corrected chi connectivity index (χ1v) is 11.0. The van der Waals surface area contributed by atoms with Gasteiger partial charge in [0.1, 0.15) is 0 Å². The van der Waals surface area contributed by atoms with Crippen molar-refractivity contribution in [2.45, 2.75) is 43.6 Å². The molecule has 0 bridgehead atoms. The number of amides is 1. The van der Waals surface area contributed by atoms with E-state index in [-0.39, 0.29) is 16.9 Å². The molecule has 1 aliphatic heterocycles. The molecule has 0 spiro atoms. The average molecular weight is 403 g/mol. The molecule has 1 atom stereocenters. The standard InChI is InChI=1S/C21H26N2O4S/c1-16-4-9-18(10-5-16)23-28(25,26)20-11-6-17(7-12-20)8-13-21(24)22-15-19-3-2-14-27-19/h4-7,9-12,19,23H,2-3,8,13-15H2,1H3,(H,22,24). The smallest absolute Gasteiger partial charge is 0.261 e. The number of hydrogen-bond donors (Lipinski definition) is 2. The molecular formula is C21H26N2O4S. The van der Waals surface area contributed by atoms with Crippen molar-refractivity contribution in [2.75, 3.05) is 17.9 Å². The number of rotatable bonds is 8. The topological polar surface area (TPSA) is 84.5 Å². The molecule has 1 aliphatic rings. The molecule has 28 heavy (non-hydrogen) atoms. The Kier molecular flexibility index (Phi) is 6.70. The van der Waals surface area contributed by atoms with Gasteiger partial charge < -0.3 is 10.1 Å². The lowest BCUT2D eigenvalue weighted by molar-refractivity contribution is -0.121. The van der Waals surface area contributed by atoms with Crippen molar-refractivity contribution in [3.05, 3.63) is 59.7 Å². The third-order valence-electron chi connectivity index (χ3n) is 4.73. The molecule has 1 amide bonds. The van der Waals surface area contributed by atoms with Crippen LogP contribution in [0.15, 0.2) is 53.4 Å². The van der Waals surface area contributed by atoms with Gasteiger partial charge in [0.15, 0.2) is 0 Å². The van der Waals surface area contributed by atoms with Gasteiger partial charge in [0.05, 0.1) is 11.0 Å². The Morgan fingerprint density at radius 2 is 1.82 bits per heavy atom. The number of aryl methyl sites for hydroxylation is 2. The lowest BCUT2D eigenvalue weighted by Crippen LogP contribution is -2.31. The summed E-state index contributed by atoms with van der Waals surface area (Å²) in [5.74, 6) is -0.0202. The number of hydrogen-bond acceptors (Lipinski definition) is 4. The van der Waals surface area contributed by atoms with Crippen molar-refractivity contribution in [1.29, 1.82) is 0 Å². The molecule has 6 nitrogen and oxygen atoms in total. The van der Waals surface area contributed by atoms with Crippen LogP contribution in [0.4, 0.5) is 5.69 Å². The van der Waals surface area contributed by atoms with Crippen LogP contribution in [-0.2, 0) is 26.0 Å². The first-order valence-electron chi connectivity index (χ1n) is 9.49. The maximum absolute atomic E-state index is 12.5. The molecular weight excluding hydrogens is 376 g/mol. The van der Waals surface area contributed by atoms with Gasteiger partial charge in [-0.25, -0.2) is 8.42 Å². The fourth-order valence-corrected chi connectivity index (χ4v) is 4.11. The second-order valence-electron chi connectivity index (χ2n) is 7.05. The Morgan fingerprint density at radius 3 is 2.46 bits per heavy atom. The summed E-state index contributed by atoms with van der Waals surface area (Å²) in [5.41, 5.74) is 2.51. The molecule has 2 aromatic carbocycles. The van der Waals surface area contributed by atoms with Crippen molar-refractivity contribution in [3.8, 4) is 0 Å². The Labute approximate surface area is 166 Å². The molecule has 3 rings (SSSR count). The fraction of sp³-hybridized carbons (Fsp3) is 0.381. The quantitative estimate of drug-likeness (QED) is 0.711. The van der Waals surface area contributed by atoms with E-state index in [2.05, 4.69) is 10.0 Å². The summed E-state index contributed by atoms with van der Waals surface area (Å²) in [7, 11) is -3.64. The van der Waals surface area contributed by atoms with E-state index in [0.717, 1.165) is 30.6 Å². The molecule has 1 saturated heterocycles. The van der Waals surface area contributed by atoms with Crippen LogP contribution in [0, 0.1) is 6.92 Å². The monoisotopic (exact) mass is 402 g/mol. The first kappa shape index (κ1) is 20.4. The van der Waals surface area contributed by atoms with Crippen molar-refractivity contribution < 1.29 is 17.9 Å². The summed E-state index contributed by atoms with van der Waals surface area (Å²) in [6.07, 6.45) is 3.10. The van der Waals surface area contributed by atoms with E-state index in [1.54, 1.807) is 36.4 Å². The van der Waals surface area contributed by atoms with E-state index in [1.807, 2.05) is 19.1 Å². The van der Waals surface area contributed by atoms with E-state index < -0.39 is 10.0 Å². The maximum Gasteiger partial charge on any atom is 0.261 e. The zero-order chi connectivity index (χ0) is 20.0. The van der Waals surface area contributed by atoms with Crippen LogP contribution in [-0.4, -0.2) is 33.6 Å². The van der Waals surface area contributed by atoms with Crippen LogP contribution in [0.25, 0.3) is 0 Å². The van der Waals surface area contributed by atoms with E-state index in [4.69, 9.17) is 4.74 Å². The molecule has 7 heteroatoms. The number of ether oxygens (including phenoxy) is 1. The van der Waals surface area contributed by atoms with Crippen LogP contribution in [0.3, 0.4) is 0 Å². The van der Waals surface area contributed by atoms with E-state index in [9.17, 15) is 13.2 Å². The summed E-state index contributed by atoms with van der Waals surface area (Å²) in [5, 5.41) is 2.89. The zero-order valence-electron chi connectivity index (χ0n) is 16.0. The molecule has 1 unspecified atom stereocenters. The Balaban J connectivity index is 1.50. The number of anilines is 1. The highest BCUT2D eigenvalue weighted by atomic mass is 32.2. The molecule has 0 aromatic heterocycles. The summed E-state index contributed by atoms with van der Waals surface area (Å²) in [6, 6.07) is 13.8.